The van der Waals surface area contributed by atoms with E-state index in [4.69, 9.17) is 0 Å². The fourth-order valence-electron chi connectivity index (χ4n) is 4.87. The minimum absolute atomic E-state index is 0.00716. The van der Waals surface area contributed by atoms with Crippen LogP contribution >= 0.6 is 11.3 Å². The van der Waals surface area contributed by atoms with Crippen molar-refractivity contribution in [3.63, 3.8) is 0 Å². The summed E-state index contributed by atoms with van der Waals surface area (Å²) in [6.45, 7) is 14.0. The van der Waals surface area contributed by atoms with Crippen LogP contribution in [-0.4, -0.2) is 65.7 Å². The lowest BCUT2D eigenvalue weighted by Gasteiger charge is -2.54. The van der Waals surface area contributed by atoms with Crippen LogP contribution in [-0.2, 0) is 11.3 Å². The number of rotatable bonds is 6. The van der Waals surface area contributed by atoms with Crippen LogP contribution in [0.4, 0.5) is 10.3 Å². The lowest BCUT2D eigenvalue weighted by Crippen LogP contribution is -2.62. The summed E-state index contributed by atoms with van der Waals surface area (Å²) in [5.41, 5.74) is 4.42. The topological polar surface area (TPSA) is 73.4 Å². The van der Waals surface area contributed by atoms with Gasteiger partial charge in [-0.05, 0) is 38.8 Å². The van der Waals surface area contributed by atoms with Crippen molar-refractivity contribution < 1.29 is 4.79 Å². The summed E-state index contributed by atoms with van der Waals surface area (Å²) >= 11 is 1.35. The Kier molecular flexibility index (Phi) is 8.02. The van der Waals surface area contributed by atoms with E-state index in [0.717, 1.165) is 39.1 Å². The van der Waals surface area contributed by atoms with E-state index in [1.807, 2.05) is 13.8 Å². The van der Waals surface area contributed by atoms with Gasteiger partial charge < -0.3 is 5.32 Å². The van der Waals surface area contributed by atoms with Crippen LogP contribution in [0, 0.1) is 19.3 Å². The minimum atomic E-state index is -0.00716. The SMILES string of the molecule is CC.CNc1nnc(NC(=O)CN2CCCC3(C2)CN(Cc2cc(C)cc(C)c2)C3)s1. The summed E-state index contributed by atoms with van der Waals surface area (Å²) in [7, 11) is 1.79. The van der Waals surface area contributed by atoms with Gasteiger partial charge in [-0.2, -0.15) is 0 Å². The van der Waals surface area contributed by atoms with E-state index in [1.165, 1.54) is 34.4 Å². The van der Waals surface area contributed by atoms with Crippen molar-refractivity contribution >= 4 is 27.5 Å². The van der Waals surface area contributed by atoms with Gasteiger partial charge in [-0.15, -0.1) is 10.2 Å². The molecular weight excluding hydrogens is 408 g/mol. The van der Waals surface area contributed by atoms with Crippen LogP contribution in [0.2, 0.25) is 0 Å². The Hall–Kier alpha value is -2.03. The number of hydrogen-bond donors (Lipinski definition) is 2. The summed E-state index contributed by atoms with van der Waals surface area (Å²) < 4.78 is 0. The number of benzene rings is 1. The number of piperidine rings is 1. The summed E-state index contributed by atoms with van der Waals surface area (Å²) in [5.74, 6) is -0.00716. The molecule has 3 heterocycles. The van der Waals surface area contributed by atoms with Crippen LogP contribution in [0.5, 0.6) is 0 Å². The van der Waals surface area contributed by atoms with E-state index in [-0.39, 0.29) is 5.91 Å². The molecule has 2 fully saturated rings. The Bertz CT molecular complexity index is 856. The molecule has 2 N–H and O–H groups in total. The molecule has 2 aliphatic rings. The lowest BCUT2D eigenvalue weighted by molar-refractivity contribution is -0.119. The molecule has 2 saturated heterocycles. The fraction of sp³-hybridized carbons (Fsp3) is 0.609. The first-order valence-corrected chi connectivity index (χ1v) is 12.1. The van der Waals surface area contributed by atoms with Crippen molar-refractivity contribution in [1.82, 2.24) is 20.0 Å². The molecule has 0 saturated carbocycles. The van der Waals surface area contributed by atoms with Crippen LogP contribution < -0.4 is 10.6 Å². The van der Waals surface area contributed by atoms with E-state index >= 15 is 0 Å². The molecule has 7 nitrogen and oxygen atoms in total. The Morgan fingerprint density at radius 2 is 1.71 bits per heavy atom. The number of carbonyl (C=O) groups is 1. The second-order valence-corrected chi connectivity index (χ2v) is 9.64. The molecule has 4 rings (SSSR count). The van der Waals surface area contributed by atoms with E-state index in [0.29, 0.717) is 22.2 Å². The Morgan fingerprint density at radius 1 is 1.06 bits per heavy atom. The molecule has 1 aromatic carbocycles. The molecule has 31 heavy (non-hydrogen) atoms. The van der Waals surface area contributed by atoms with Gasteiger partial charge in [0.25, 0.3) is 0 Å². The van der Waals surface area contributed by atoms with Crippen molar-refractivity contribution in [2.45, 2.75) is 47.1 Å². The van der Waals surface area contributed by atoms with Gasteiger partial charge in [0.1, 0.15) is 0 Å². The number of amides is 1. The summed E-state index contributed by atoms with van der Waals surface area (Å²) in [4.78, 5) is 17.3. The van der Waals surface area contributed by atoms with Gasteiger partial charge in [-0.3, -0.25) is 19.9 Å². The predicted molar refractivity (Wildman–Crippen MR) is 129 cm³/mol. The van der Waals surface area contributed by atoms with Gasteiger partial charge in [0.05, 0.1) is 6.54 Å². The van der Waals surface area contributed by atoms with Gasteiger partial charge >= 0.3 is 0 Å². The normalized spacial score (nSPS) is 18.1. The molecule has 0 aliphatic carbocycles. The van der Waals surface area contributed by atoms with Gasteiger partial charge in [0.15, 0.2) is 0 Å². The molecule has 1 spiro atoms. The highest BCUT2D eigenvalue weighted by atomic mass is 32.1. The zero-order valence-corrected chi connectivity index (χ0v) is 20.3. The summed E-state index contributed by atoms with van der Waals surface area (Å²) in [6.07, 6.45) is 2.42. The van der Waals surface area contributed by atoms with Crippen molar-refractivity contribution in [3.05, 3.63) is 34.9 Å². The lowest BCUT2D eigenvalue weighted by atomic mass is 9.73. The standard InChI is InChI=1S/C21H30N6OS.C2H6/c1-15-7-16(2)9-17(8-15)10-27-13-21(14-27)5-4-6-26(12-21)11-18(28)23-20-25-24-19(22-3)29-20;1-2/h7-9H,4-6,10-14H2,1-3H3,(H,22,24)(H,23,25,28);1-2H3. The fourth-order valence-corrected chi connectivity index (χ4v) is 5.49. The van der Waals surface area contributed by atoms with E-state index < -0.39 is 0 Å². The maximum absolute atomic E-state index is 12.4. The first-order valence-electron chi connectivity index (χ1n) is 11.3. The number of anilines is 2. The average molecular weight is 445 g/mol. The molecule has 0 bridgehead atoms. The first kappa shape index (κ1) is 23.6. The first-order chi connectivity index (χ1) is 14.9. The molecule has 1 amide bonds. The highest BCUT2D eigenvalue weighted by Crippen LogP contribution is 2.39. The quantitative estimate of drug-likeness (QED) is 0.707. The molecular formula is C23H36N6OS. The third-order valence-corrected chi connectivity index (χ3v) is 6.65. The maximum Gasteiger partial charge on any atom is 0.240 e. The van der Waals surface area contributed by atoms with E-state index in [9.17, 15) is 4.79 Å². The number of aryl methyl sites for hydroxylation is 2. The molecule has 2 aromatic rings. The van der Waals surface area contributed by atoms with Gasteiger partial charge in [0, 0.05) is 38.6 Å². The molecule has 0 unspecified atom stereocenters. The second kappa shape index (κ2) is 10.5. The van der Waals surface area contributed by atoms with Crippen LogP contribution in [0.3, 0.4) is 0 Å². The predicted octanol–water partition coefficient (Wildman–Crippen LogP) is 3.76. The number of likely N-dealkylation sites (tertiary alicyclic amines) is 2. The highest BCUT2D eigenvalue weighted by molar-refractivity contribution is 7.19. The van der Waals surface area contributed by atoms with Crippen molar-refractivity contribution in [1.29, 1.82) is 0 Å². The number of nitrogens with zero attached hydrogens (tertiary/aromatic N) is 4. The molecule has 0 radical (unpaired) electrons. The smallest absolute Gasteiger partial charge is 0.240 e. The summed E-state index contributed by atoms with van der Waals surface area (Å²) in [5, 5.41) is 15.0. The van der Waals surface area contributed by atoms with Gasteiger partial charge in [0.2, 0.25) is 16.2 Å². The minimum Gasteiger partial charge on any atom is -0.363 e. The Morgan fingerprint density at radius 3 is 2.35 bits per heavy atom. The largest absolute Gasteiger partial charge is 0.363 e. The van der Waals surface area contributed by atoms with E-state index in [1.54, 1.807) is 7.05 Å². The molecule has 1 aromatic heterocycles. The van der Waals surface area contributed by atoms with Crippen molar-refractivity contribution in [2.75, 3.05) is 50.4 Å². The molecule has 2 aliphatic heterocycles. The summed E-state index contributed by atoms with van der Waals surface area (Å²) in [6, 6.07) is 6.82. The molecule has 8 heteroatoms. The zero-order valence-electron chi connectivity index (χ0n) is 19.5. The number of nitrogens with one attached hydrogen (secondary N) is 2. The number of aromatic nitrogens is 2. The third-order valence-electron chi connectivity index (χ3n) is 5.80. The van der Waals surface area contributed by atoms with Gasteiger partial charge in [-0.1, -0.05) is 54.5 Å². The van der Waals surface area contributed by atoms with Crippen molar-refractivity contribution in [2.24, 2.45) is 5.41 Å². The van der Waals surface area contributed by atoms with Crippen LogP contribution in [0.1, 0.15) is 43.4 Å². The van der Waals surface area contributed by atoms with Crippen LogP contribution in [0.15, 0.2) is 18.2 Å². The maximum atomic E-state index is 12.4. The second-order valence-electron chi connectivity index (χ2n) is 8.67. The third kappa shape index (κ3) is 6.24. The van der Waals surface area contributed by atoms with E-state index in [2.05, 4.69) is 62.7 Å². The molecule has 170 valence electrons. The Balaban J connectivity index is 0.00000132. The monoisotopic (exact) mass is 444 g/mol. The Labute approximate surface area is 190 Å². The van der Waals surface area contributed by atoms with Crippen molar-refractivity contribution in [3.8, 4) is 0 Å². The molecule has 0 atom stereocenters. The average Bonchev–Trinajstić information content (AvgIpc) is 3.15. The highest BCUT2D eigenvalue weighted by Gasteiger charge is 2.45. The van der Waals surface area contributed by atoms with Crippen LogP contribution in [0.25, 0.3) is 0 Å². The zero-order chi connectivity index (χ0) is 22.4. The van der Waals surface area contributed by atoms with Gasteiger partial charge in [-0.25, -0.2) is 0 Å². The number of hydrogen-bond acceptors (Lipinski definition) is 7. The number of carbonyl (C=O) groups excluding carboxylic acids is 1.